The van der Waals surface area contributed by atoms with E-state index in [1.807, 2.05) is 117 Å². The van der Waals surface area contributed by atoms with E-state index in [0.717, 1.165) is 40.0 Å². The summed E-state index contributed by atoms with van der Waals surface area (Å²) in [6.07, 6.45) is 3.79. The van der Waals surface area contributed by atoms with Crippen LogP contribution < -0.4 is 39.0 Å². The number of hydrogen-bond acceptors (Lipinski definition) is 11. The van der Waals surface area contributed by atoms with Gasteiger partial charge in [0.15, 0.2) is 23.0 Å². The van der Waals surface area contributed by atoms with Crippen molar-refractivity contribution in [3.63, 3.8) is 0 Å². The molecule has 0 radical (unpaired) electrons. The molecule has 2 atom stereocenters. The Hall–Kier alpha value is -7.06. The predicted molar refractivity (Wildman–Crippen MR) is 259 cm³/mol. The summed E-state index contributed by atoms with van der Waals surface area (Å²) in [5.74, 6) is 0.321. The van der Waals surface area contributed by atoms with Crippen LogP contribution in [0.3, 0.4) is 0 Å². The summed E-state index contributed by atoms with van der Waals surface area (Å²) >= 11 is 0. The molecule has 348 valence electrons. The van der Waals surface area contributed by atoms with Gasteiger partial charge in [0.1, 0.15) is 19.8 Å². The number of aliphatic carboxylic acids is 1. The fourth-order valence-corrected chi connectivity index (χ4v) is 9.52. The summed E-state index contributed by atoms with van der Waals surface area (Å²) in [4.78, 5) is 51.1. The maximum absolute atomic E-state index is 14.1. The zero-order valence-corrected chi connectivity index (χ0v) is 39.1. The van der Waals surface area contributed by atoms with Gasteiger partial charge < -0.3 is 43.9 Å². The number of nitrogens with zero attached hydrogens (tertiary/aromatic N) is 4. The van der Waals surface area contributed by atoms with Gasteiger partial charge in [0, 0.05) is 60.5 Å². The summed E-state index contributed by atoms with van der Waals surface area (Å²) < 4.78 is 30.8. The highest BCUT2D eigenvalue weighted by Crippen LogP contribution is 2.43. The molecule has 0 bridgehead atoms. The minimum Gasteiger partial charge on any atom is -0.493 e. The second-order valence-corrected chi connectivity index (χ2v) is 19.1. The molecule has 67 heavy (non-hydrogen) atoms. The lowest BCUT2D eigenvalue weighted by Gasteiger charge is -2.40. The molecule has 2 amide bonds. The first kappa shape index (κ1) is 45.1. The number of carboxylic acids is 1. The standard InChI is InChI=1S/C53H57N5O9/c1-52(2,3)67-17-16-53(4,5)56(29-49(59)60)36-19-32(30-65-47-25-41-39(23-45(47)63-6)50(61)57-37(27-54-41)21-34-12-8-10-14-43(34)57)18-33(20-36)31-66-48-26-42-40(24-46(48)64-7)51(62)58-38(28-55-42)22-35-13-9-11-15-44(35)58/h8-15,18-20,23-27,37-38,55H,16-17,21-22,28-31H2,1-7H3,(H,59,60)/t37-,38-/m0/s1. The maximum Gasteiger partial charge on any atom is 0.323 e. The van der Waals surface area contributed by atoms with Gasteiger partial charge in [0.2, 0.25) is 0 Å². The third kappa shape index (κ3) is 9.10. The zero-order chi connectivity index (χ0) is 47.2. The third-order valence-electron chi connectivity index (χ3n) is 12.9. The Balaban J connectivity index is 1.02. The number of carbonyl (C=O) groups excluding carboxylic acids is 2. The van der Waals surface area contributed by atoms with E-state index in [4.69, 9.17) is 28.7 Å². The number of fused-ring (bicyclic) bond motifs is 8. The van der Waals surface area contributed by atoms with Gasteiger partial charge >= 0.3 is 5.97 Å². The Labute approximate surface area is 391 Å². The first-order chi connectivity index (χ1) is 32.1. The van der Waals surface area contributed by atoms with E-state index in [-0.39, 0.29) is 49.3 Å². The highest BCUT2D eigenvalue weighted by atomic mass is 16.5. The van der Waals surface area contributed by atoms with Crippen molar-refractivity contribution in [2.45, 2.75) is 90.3 Å². The number of para-hydroxylation sites is 2. The molecule has 0 unspecified atom stereocenters. The molecule has 4 aliphatic rings. The fraction of sp³-hybridized carbons (Fsp3) is 0.358. The monoisotopic (exact) mass is 907 g/mol. The van der Waals surface area contributed by atoms with Crippen molar-refractivity contribution in [2.75, 3.05) is 53.9 Å². The van der Waals surface area contributed by atoms with Crippen molar-refractivity contribution in [1.29, 1.82) is 0 Å². The molecule has 0 saturated heterocycles. The molecule has 4 aliphatic heterocycles. The van der Waals surface area contributed by atoms with Crippen molar-refractivity contribution in [1.82, 2.24) is 0 Å². The van der Waals surface area contributed by atoms with E-state index < -0.39 is 11.5 Å². The molecule has 0 saturated carbocycles. The number of rotatable bonds is 15. The van der Waals surface area contributed by atoms with Gasteiger partial charge in [0.25, 0.3) is 11.8 Å². The van der Waals surface area contributed by atoms with Crippen LogP contribution in [0.1, 0.15) is 84.0 Å². The number of methoxy groups -OCH3 is 2. The van der Waals surface area contributed by atoms with Crippen LogP contribution in [0.15, 0.2) is 96.0 Å². The Bertz CT molecular complexity index is 2780. The molecular weight excluding hydrogens is 851 g/mol. The van der Waals surface area contributed by atoms with Crippen molar-refractivity contribution in [2.24, 2.45) is 4.99 Å². The van der Waals surface area contributed by atoms with E-state index in [0.29, 0.717) is 77.2 Å². The Morgan fingerprint density at radius 3 is 2.00 bits per heavy atom. The highest BCUT2D eigenvalue weighted by Gasteiger charge is 2.39. The lowest BCUT2D eigenvalue weighted by atomic mass is 9.96. The average Bonchev–Trinajstić information content (AvgIpc) is 3.79. The van der Waals surface area contributed by atoms with Crippen LogP contribution >= 0.6 is 0 Å². The smallest absolute Gasteiger partial charge is 0.323 e. The van der Waals surface area contributed by atoms with Crippen molar-refractivity contribution in [3.05, 3.63) is 124 Å². The van der Waals surface area contributed by atoms with Crippen LogP contribution in [0.2, 0.25) is 0 Å². The van der Waals surface area contributed by atoms with Crippen molar-refractivity contribution in [3.8, 4) is 23.0 Å². The van der Waals surface area contributed by atoms with Gasteiger partial charge in [-0.05, 0) is 112 Å². The molecule has 0 spiro atoms. The van der Waals surface area contributed by atoms with Gasteiger partial charge in [-0.2, -0.15) is 0 Å². The van der Waals surface area contributed by atoms with Gasteiger partial charge in [-0.3, -0.25) is 24.3 Å². The number of ether oxygens (including phenoxy) is 5. The first-order valence-electron chi connectivity index (χ1n) is 22.7. The highest BCUT2D eigenvalue weighted by molar-refractivity contribution is 6.15. The number of carboxylic acid groups (broad SMARTS) is 1. The number of hydrogen-bond donors (Lipinski definition) is 2. The molecule has 14 heteroatoms. The molecule has 2 N–H and O–H groups in total. The molecule has 4 heterocycles. The summed E-state index contributed by atoms with van der Waals surface area (Å²) in [5.41, 5.74) is 7.12. The van der Waals surface area contributed by atoms with E-state index in [9.17, 15) is 19.5 Å². The number of amides is 2. The molecule has 14 nitrogen and oxygen atoms in total. The Kier molecular flexibility index (Phi) is 12.1. The molecule has 0 fully saturated rings. The lowest BCUT2D eigenvalue weighted by molar-refractivity contribution is -0.135. The second-order valence-electron chi connectivity index (χ2n) is 19.1. The first-order valence-corrected chi connectivity index (χ1v) is 22.7. The van der Waals surface area contributed by atoms with Crippen LogP contribution in [-0.4, -0.2) is 86.2 Å². The van der Waals surface area contributed by atoms with Gasteiger partial charge in [-0.1, -0.05) is 36.4 Å². The maximum atomic E-state index is 14.1. The van der Waals surface area contributed by atoms with Crippen LogP contribution in [0.4, 0.5) is 28.4 Å². The van der Waals surface area contributed by atoms with Gasteiger partial charge in [-0.15, -0.1) is 0 Å². The normalized spacial score (nSPS) is 16.9. The summed E-state index contributed by atoms with van der Waals surface area (Å²) in [7, 11) is 3.07. The topological polar surface area (TPSA) is 152 Å². The van der Waals surface area contributed by atoms with E-state index in [2.05, 4.69) is 11.4 Å². The minimum atomic E-state index is -0.987. The average molecular weight is 908 g/mol. The quantitative estimate of drug-likeness (QED) is 0.104. The van der Waals surface area contributed by atoms with Crippen LogP contribution in [-0.2, 0) is 35.6 Å². The summed E-state index contributed by atoms with van der Waals surface area (Å²) in [5, 5.41) is 13.8. The summed E-state index contributed by atoms with van der Waals surface area (Å²) in [6, 6.07) is 28.4. The lowest BCUT2D eigenvalue weighted by Crippen LogP contribution is -2.48. The molecule has 9 rings (SSSR count). The van der Waals surface area contributed by atoms with Gasteiger partial charge in [-0.25, -0.2) is 0 Å². The Morgan fingerprint density at radius 1 is 0.761 bits per heavy atom. The molecule has 0 aliphatic carbocycles. The minimum absolute atomic E-state index is 0.0362. The number of benzene rings is 5. The van der Waals surface area contributed by atoms with E-state index in [1.165, 1.54) is 7.11 Å². The number of anilines is 4. The largest absolute Gasteiger partial charge is 0.493 e. The van der Waals surface area contributed by atoms with Crippen molar-refractivity contribution < 1.29 is 43.2 Å². The van der Waals surface area contributed by atoms with Crippen LogP contribution in [0.5, 0.6) is 23.0 Å². The van der Waals surface area contributed by atoms with Crippen molar-refractivity contribution >= 4 is 52.4 Å². The number of nitrogens with one attached hydrogen (secondary N) is 1. The molecule has 0 aromatic heterocycles. The number of aliphatic imine (C=N–C) groups is 1. The number of carbonyl (C=O) groups is 3. The summed E-state index contributed by atoms with van der Waals surface area (Å²) in [6.45, 7) is 10.8. The SMILES string of the molecule is COc1cc2c(cc1OCc1cc(COc3cc4c(cc3OC)C(=O)N3c5ccccc5C[C@H]3CN4)cc(N(CC(=O)O)C(C)(C)CCOC(C)(C)C)c1)N=C[C@@H]1Cc3ccccc3N1C2=O. The molecule has 5 aromatic rings. The van der Waals surface area contributed by atoms with E-state index in [1.54, 1.807) is 30.2 Å². The second kappa shape index (κ2) is 18.0. The molecular formula is C53H57N5O9. The van der Waals surface area contributed by atoms with Crippen LogP contribution in [0.25, 0.3) is 0 Å². The van der Waals surface area contributed by atoms with E-state index >= 15 is 0 Å². The zero-order valence-electron chi connectivity index (χ0n) is 39.1. The predicted octanol–water partition coefficient (Wildman–Crippen LogP) is 9.02. The molecule has 5 aromatic carbocycles. The Morgan fingerprint density at radius 2 is 1.36 bits per heavy atom. The fourth-order valence-electron chi connectivity index (χ4n) is 9.52. The van der Waals surface area contributed by atoms with Gasteiger partial charge in [0.05, 0.1) is 54.4 Å². The third-order valence-corrected chi connectivity index (χ3v) is 12.9. The van der Waals surface area contributed by atoms with Crippen LogP contribution in [0, 0.1) is 0 Å².